The molecular weight excluding hydrogens is 266 g/mol. The summed E-state index contributed by atoms with van der Waals surface area (Å²) in [5.41, 5.74) is 0.753. The lowest BCUT2D eigenvalue weighted by molar-refractivity contribution is 0.0930. The molecule has 1 aliphatic carbocycles. The predicted molar refractivity (Wildman–Crippen MR) is 68.8 cm³/mol. The molecule has 2 atom stereocenters. The first-order chi connectivity index (χ1) is 7.81. The highest BCUT2D eigenvalue weighted by Crippen LogP contribution is 2.27. The SMILES string of the molecule is O=C(NC1CCCC1CBr)c1ccccc1. The summed E-state index contributed by atoms with van der Waals surface area (Å²) in [6, 6.07) is 9.76. The second kappa shape index (κ2) is 5.48. The van der Waals surface area contributed by atoms with Gasteiger partial charge in [0.05, 0.1) is 0 Å². The first-order valence-electron chi connectivity index (χ1n) is 5.73. The van der Waals surface area contributed by atoms with Gasteiger partial charge in [0.1, 0.15) is 0 Å². The summed E-state index contributed by atoms with van der Waals surface area (Å²) in [6.45, 7) is 0. The van der Waals surface area contributed by atoms with E-state index in [1.165, 1.54) is 12.8 Å². The van der Waals surface area contributed by atoms with Gasteiger partial charge in [0.15, 0.2) is 0 Å². The number of carbonyl (C=O) groups is 1. The Hall–Kier alpha value is -0.830. The van der Waals surface area contributed by atoms with Crippen LogP contribution >= 0.6 is 15.9 Å². The van der Waals surface area contributed by atoms with Crippen molar-refractivity contribution in [3.8, 4) is 0 Å². The lowest BCUT2D eigenvalue weighted by Gasteiger charge is -2.18. The van der Waals surface area contributed by atoms with Crippen LogP contribution in [0.4, 0.5) is 0 Å². The summed E-state index contributed by atoms with van der Waals surface area (Å²) >= 11 is 3.51. The molecule has 0 aromatic heterocycles. The van der Waals surface area contributed by atoms with E-state index in [-0.39, 0.29) is 5.91 Å². The standard InChI is InChI=1S/C13H16BrNO/c14-9-11-7-4-8-12(11)15-13(16)10-5-2-1-3-6-10/h1-3,5-6,11-12H,4,7-9H2,(H,15,16). The van der Waals surface area contributed by atoms with Gasteiger partial charge in [0, 0.05) is 16.9 Å². The summed E-state index contributed by atoms with van der Waals surface area (Å²) in [6.07, 6.45) is 3.54. The van der Waals surface area contributed by atoms with Crippen LogP contribution in [0.15, 0.2) is 30.3 Å². The topological polar surface area (TPSA) is 29.1 Å². The molecule has 0 spiro atoms. The Morgan fingerprint density at radius 3 is 2.75 bits per heavy atom. The average Bonchev–Trinajstić information content (AvgIpc) is 2.77. The molecule has 1 aromatic carbocycles. The maximum absolute atomic E-state index is 11.9. The number of benzene rings is 1. The number of rotatable bonds is 3. The quantitative estimate of drug-likeness (QED) is 0.848. The predicted octanol–water partition coefficient (Wildman–Crippen LogP) is 2.98. The number of alkyl halides is 1. The lowest BCUT2D eigenvalue weighted by Crippen LogP contribution is -2.37. The van der Waals surface area contributed by atoms with E-state index in [0.717, 1.165) is 17.3 Å². The highest BCUT2D eigenvalue weighted by Gasteiger charge is 2.27. The molecule has 0 saturated heterocycles. The van der Waals surface area contributed by atoms with Crippen molar-refractivity contribution in [2.24, 2.45) is 5.92 Å². The van der Waals surface area contributed by atoms with Crippen LogP contribution in [0.3, 0.4) is 0 Å². The maximum Gasteiger partial charge on any atom is 0.251 e. The zero-order chi connectivity index (χ0) is 11.4. The summed E-state index contributed by atoms with van der Waals surface area (Å²) in [5, 5.41) is 4.11. The highest BCUT2D eigenvalue weighted by molar-refractivity contribution is 9.09. The molecular formula is C13H16BrNO. The van der Waals surface area contributed by atoms with Gasteiger partial charge in [-0.25, -0.2) is 0 Å². The van der Waals surface area contributed by atoms with E-state index in [1.54, 1.807) is 0 Å². The van der Waals surface area contributed by atoms with Crippen molar-refractivity contribution in [2.75, 3.05) is 5.33 Å². The molecule has 1 N–H and O–H groups in total. The molecule has 86 valence electrons. The van der Waals surface area contributed by atoms with Crippen LogP contribution in [0, 0.1) is 5.92 Å². The number of hydrogen-bond donors (Lipinski definition) is 1. The lowest BCUT2D eigenvalue weighted by atomic mass is 10.1. The number of amides is 1. The third-order valence-corrected chi connectivity index (χ3v) is 4.04. The van der Waals surface area contributed by atoms with Gasteiger partial charge < -0.3 is 5.32 Å². The van der Waals surface area contributed by atoms with Crippen molar-refractivity contribution in [2.45, 2.75) is 25.3 Å². The van der Waals surface area contributed by atoms with E-state index >= 15 is 0 Å². The van der Waals surface area contributed by atoms with E-state index in [1.807, 2.05) is 30.3 Å². The summed E-state index contributed by atoms with van der Waals surface area (Å²) < 4.78 is 0. The Morgan fingerprint density at radius 2 is 2.06 bits per heavy atom. The smallest absolute Gasteiger partial charge is 0.251 e. The molecule has 0 radical (unpaired) electrons. The minimum absolute atomic E-state index is 0.0541. The molecule has 1 amide bonds. The van der Waals surface area contributed by atoms with E-state index in [4.69, 9.17) is 0 Å². The minimum atomic E-state index is 0.0541. The maximum atomic E-state index is 11.9. The van der Waals surface area contributed by atoms with Crippen LogP contribution < -0.4 is 5.32 Å². The van der Waals surface area contributed by atoms with Crippen molar-refractivity contribution in [1.82, 2.24) is 5.32 Å². The molecule has 2 nitrogen and oxygen atoms in total. The Labute approximate surface area is 105 Å². The average molecular weight is 282 g/mol. The number of halogens is 1. The molecule has 1 aliphatic rings. The van der Waals surface area contributed by atoms with Crippen LogP contribution in [0.1, 0.15) is 29.6 Å². The second-order valence-corrected chi connectivity index (χ2v) is 4.94. The van der Waals surface area contributed by atoms with E-state index in [9.17, 15) is 4.79 Å². The number of hydrogen-bond acceptors (Lipinski definition) is 1. The second-order valence-electron chi connectivity index (χ2n) is 4.29. The van der Waals surface area contributed by atoms with Gasteiger partial charge in [0.25, 0.3) is 5.91 Å². The molecule has 2 unspecified atom stereocenters. The Balaban J connectivity index is 1.97. The van der Waals surface area contributed by atoms with Crippen LogP contribution in [-0.4, -0.2) is 17.3 Å². The summed E-state index contributed by atoms with van der Waals surface area (Å²) in [7, 11) is 0. The van der Waals surface area contributed by atoms with Crippen molar-refractivity contribution in [3.05, 3.63) is 35.9 Å². The molecule has 3 heteroatoms. The zero-order valence-electron chi connectivity index (χ0n) is 9.16. The Bertz CT molecular complexity index is 352. The van der Waals surface area contributed by atoms with Gasteiger partial charge in [-0.2, -0.15) is 0 Å². The third-order valence-electron chi connectivity index (χ3n) is 3.21. The van der Waals surface area contributed by atoms with Crippen LogP contribution in [-0.2, 0) is 0 Å². The summed E-state index contributed by atoms with van der Waals surface area (Å²) in [5.74, 6) is 0.645. The van der Waals surface area contributed by atoms with Crippen molar-refractivity contribution in [1.29, 1.82) is 0 Å². The van der Waals surface area contributed by atoms with Crippen molar-refractivity contribution in [3.63, 3.8) is 0 Å². The van der Waals surface area contributed by atoms with Crippen molar-refractivity contribution >= 4 is 21.8 Å². The van der Waals surface area contributed by atoms with Gasteiger partial charge in [-0.3, -0.25) is 4.79 Å². The van der Waals surface area contributed by atoms with Gasteiger partial charge >= 0.3 is 0 Å². The molecule has 2 rings (SSSR count). The molecule has 0 aliphatic heterocycles. The fourth-order valence-electron chi connectivity index (χ4n) is 2.25. The van der Waals surface area contributed by atoms with E-state index in [0.29, 0.717) is 12.0 Å². The van der Waals surface area contributed by atoms with E-state index < -0.39 is 0 Å². The first-order valence-corrected chi connectivity index (χ1v) is 6.85. The monoisotopic (exact) mass is 281 g/mol. The van der Waals surface area contributed by atoms with Crippen LogP contribution in [0.2, 0.25) is 0 Å². The van der Waals surface area contributed by atoms with Gasteiger partial charge in [-0.1, -0.05) is 40.5 Å². The zero-order valence-corrected chi connectivity index (χ0v) is 10.7. The van der Waals surface area contributed by atoms with Crippen LogP contribution in [0.5, 0.6) is 0 Å². The molecule has 1 aromatic rings. The van der Waals surface area contributed by atoms with Gasteiger partial charge in [-0.05, 0) is 30.9 Å². The fourth-order valence-corrected chi connectivity index (χ4v) is 3.03. The largest absolute Gasteiger partial charge is 0.349 e. The normalized spacial score (nSPS) is 24.3. The summed E-state index contributed by atoms with van der Waals surface area (Å²) in [4.78, 5) is 11.9. The Kier molecular flexibility index (Phi) is 3.99. The minimum Gasteiger partial charge on any atom is -0.349 e. The first kappa shape index (κ1) is 11.6. The van der Waals surface area contributed by atoms with Gasteiger partial charge in [-0.15, -0.1) is 0 Å². The number of carbonyl (C=O) groups excluding carboxylic acids is 1. The van der Waals surface area contributed by atoms with E-state index in [2.05, 4.69) is 21.2 Å². The van der Waals surface area contributed by atoms with Gasteiger partial charge in [0.2, 0.25) is 0 Å². The number of nitrogens with one attached hydrogen (secondary N) is 1. The molecule has 1 saturated carbocycles. The highest BCUT2D eigenvalue weighted by atomic mass is 79.9. The third kappa shape index (κ3) is 2.64. The molecule has 16 heavy (non-hydrogen) atoms. The molecule has 1 fully saturated rings. The van der Waals surface area contributed by atoms with Crippen molar-refractivity contribution < 1.29 is 4.79 Å². The van der Waals surface area contributed by atoms with Crippen LogP contribution in [0.25, 0.3) is 0 Å². The Morgan fingerprint density at radius 1 is 1.31 bits per heavy atom. The fraction of sp³-hybridized carbons (Fsp3) is 0.462. The molecule has 0 bridgehead atoms. The molecule has 0 heterocycles.